The zero-order valence-electron chi connectivity index (χ0n) is 21.8. The first-order valence-electron chi connectivity index (χ1n) is 13.0. The third-order valence-corrected chi connectivity index (χ3v) is 6.98. The van der Waals surface area contributed by atoms with Crippen LogP contribution in [0, 0.1) is 6.92 Å². The Balaban J connectivity index is 1.41. The number of rotatable bonds is 7. The predicted octanol–water partition coefficient (Wildman–Crippen LogP) is 5.87. The van der Waals surface area contributed by atoms with E-state index in [2.05, 4.69) is 36.5 Å². The molecule has 38 heavy (non-hydrogen) atoms. The topological polar surface area (TPSA) is 58.6 Å². The van der Waals surface area contributed by atoms with Crippen LogP contribution in [0.1, 0.15) is 51.1 Å². The highest BCUT2D eigenvalue weighted by Crippen LogP contribution is 2.38. The second-order valence-electron chi connectivity index (χ2n) is 9.76. The number of carbonyl (C=O) groups is 2. The molecule has 0 saturated carbocycles. The molecule has 4 aromatic carbocycles. The zero-order chi connectivity index (χ0) is 26.5. The molecular weight excluding hydrogens is 472 g/mol. The second-order valence-corrected chi connectivity index (χ2v) is 9.76. The number of ether oxygens (including phenoxy) is 1. The summed E-state index contributed by atoms with van der Waals surface area (Å²) in [7, 11) is 0. The fourth-order valence-corrected chi connectivity index (χ4v) is 5.02. The minimum absolute atomic E-state index is 0.00253. The number of hydrogen-bond acceptors (Lipinski definition) is 3. The molecule has 4 aromatic rings. The summed E-state index contributed by atoms with van der Waals surface area (Å²) in [5.41, 5.74) is 6.11. The second kappa shape index (κ2) is 11.3. The zero-order valence-corrected chi connectivity index (χ0v) is 21.8. The summed E-state index contributed by atoms with van der Waals surface area (Å²) < 4.78 is 6.10. The number of nitrogens with zero attached hydrogens (tertiary/aromatic N) is 1. The molecule has 1 aliphatic rings. The van der Waals surface area contributed by atoms with Crippen LogP contribution in [0.5, 0.6) is 5.75 Å². The highest BCUT2D eigenvalue weighted by molar-refractivity contribution is 5.95. The van der Waals surface area contributed by atoms with E-state index in [1.807, 2.05) is 83.8 Å². The van der Waals surface area contributed by atoms with Crippen molar-refractivity contribution in [2.24, 2.45) is 0 Å². The smallest absolute Gasteiger partial charge is 0.261 e. The van der Waals surface area contributed by atoms with Crippen molar-refractivity contribution in [1.29, 1.82) is 0 Å². The van der Waals surface area contributed by atoms with Crippen LogP contribution in [-0.4, -0.2) is 29.4 Å². The Kier molecular flexibility index (Phi) is 7.55. The molecule has 0 saturated heterocycles. The summed E-state index contributed by atoms with van der Waals surface area (Å²) in [6.45, 7) is 4.89. The number of aryl methyl sites for hydroxylation is 1. The van der Waals surface area contributed by atoms with Crippen LogP contribution in [0.2, 0.25) is 0 Å². The molecule has 0 aliphatic carbocycles. The Labute approximate surface area is 224 Å². The van der Waals surface area contributed by atoms with Crippen molar-refractivity contribution in [1.82, 2.24) is 10.2 Å². The molecule has 1 heterocycles. The molecule has 5 rings (SSSR count). The van der Waals surface area contributed by atoms with Gasteiger partial charge in [-0.05, 0) is 66.8 Å². The Bertz CT molecular complexity index is 1420. The van der Waals surface area contributed by atoms with Gasteiger partial charge in [-0.15, -0.1) is 0 Å². The van der Waals surface area contributed by atoms with Gasteiger partial charge in [-0.2, -0.15) is 0 Å². The molecule has 5 heteroatoms. The van der Waals surface area contributed by atoms with E-state index < -0.39 is 6.10 Å². The number of amides is 2. The van der Waals surface area contributed by atoms with E-state index in [4.69, 9.17) is 4.74 Å². The lowest BCUT2D eigenvalue weighted by Crippen LogP contribution is -2.40. The van der Waals surface area contributed by atoms with E-state index >= 15 is 0 Å². The quantitative estimate of drug-likeness (QED) is 0.343. The van der Waals surface area contributed by atoms with E-state index in [0.29, 0.717) is 24.4 Å². The van der Waals surface area contributed by atoms with Gasteiger partial charge in [-0.3, -0.25) is 9.59 Å². The first-order chi connectivity index (χ1) is 18.5. The lowest BCUT2D eigenvalue weighted by Gasteiger charge is -2.38. The summed E-state index contributed by atoms with van der Waals surface area (Å²) in [6, 6.07) is 33.3. The maximum atomic E-state index is 13.7. The van der Waals surface area contributed by atoms with Crippen molar-refractivity contribution >= 4 is 11.8 Å². The lowest BCUT2D eigenvalue weighted by molar-refractivity contribution is -0.127. The molecule has 0 fully saturated rings. The van der Waals surface area contributed by atoms with Crippen molar-refractivity contribution in [3.05, 3.63) is 137 Å². The summed E-state index contributed by atoms with van der Waals surface area (Å²) in [5.74, 6) is 0.434. The van der Waals surface area contributed by atoms with Crippen LogP contribution < -0.4 is 10.1 Å². The molecule has 192 valence electrons. The van der Waals surface area contributed by atoms with Gasteiger partial charge >= 0.3 is 0 Å². The molecule has 1 N–H and O–H groups in total. The first-order valence-corrected chi connectivity index (χ1v) is 13.0. The monoisotopic (exact) mass is 504 g/mol. The lowest BCUT2D eigenvalue weighted by atomic mass is 9.87. The fraction of sp³-hybridized carbons (Fsp3) is 0.212. The highest BCUT2D eigenvalue weighted by atomic mass is 16.5. The molecule has 0 bridgehead atoms. The van der Waals surface area contributed by atoms with Crippen molar-refractivity contribution in [3.8, 4) is 5.75 Å². The third-order valence-electron chi connectivity index (χ3n) is 6.98. The molecule has 0 spiro atoms. The summed E-state index contributed by atoms with van der Waals surface area (Å²) in [4.78, 5) is 28.4. The molecular formula is C33H32N2O3. The van der Waals surface area contributed by atoms with E-state index in [0.717, 1.165) is 28.7 Å². The van der Waals surface area contributed by atoms with Crippen LogP contribution in [0.25, 0.3) is 0 Å². The van der Waals surface area contributed by atoms with E-state index in [1.54, 1.807) is 6.92 Å². The third kappa shape index (κ3) is 5.62. The van der Waals surface area contributed by atoms with Crippen LogP contribution in [-0.2, 0) is 17.8 Å². The predicted molar refractivity (Wildman–Crippen MR) is 149 cm³/mol. The Hall–Kier alpha value is -4.38. The van der Waals surface area contributed by atoms with E-state index in [9.17, 15) is 9.59 Å². The average Bonchev–Trinajstić information content (AvgIpc) is 2.95. The van der Waals surface area contributed by atoms with Gasteiger partial charge in [-0.1, -0.05) is 84.4 Å². The molecule has 0 radical (unpaired) electrons. The van der Waals surface area contributed by atoms with Crippen molar-refractivity contribution in [3.63, 3.8) is 0 Å². The number of carbonyl (C=O) groups excluding carboxylic acids is 2. The molecule has 0 unspecified atom stereocenters. The molecule has 5 nitrogen and oxygen atoms in total. The van der Waals surface area contributed by atoms with Gasteiger partial charge < -0.3 is 15.0 Å². The minimum Gasteiger partial charge on any atom is -0.481 e. The molecule has 2 atom stereocenters. The van der Waals surface area contributed by atoms with Gasteiger partial charge in [0.1, 0.15) is 5.75 Å². The summed E-state index contributed by atoms with van der Waals surface area (Å²) >= 11 is 0. The van der Waals surface area contributed by atoms with Crippen LogP contribution in [0.3, 0.4) is 0 Å². The molecule has 1 aliphatic heterocycles. The molecule has 2 amide bonds. The van der Waals surface area contributed by atoms with Gasteiger partial charge in [0.2, 0.25) is 0 Å². The largest absolute Gasteiger partial charge is 0.481 e. The Morgan fingerprint density at radius 2 is 1.66 bits per heavy atom. The van der Waals surface area contributed by atoms with Crippen LogP contribution in [0.4, 0.5) is 0 Å². The van der Waals surface area contributed by atoms with Crippen LogP contribution in [0.15, 0.2) is 103 Å². The van der Waals surface area contributed by atoms with Gasteiger partial charge in [0.05, 0.1) is 6.04 Å². The van der Waals surface area contributed by atoms with Gasteiger partial charge in [-0.25, -0.2) is 0 Å². The van der Waals surface area contributed by atoms with Gasteiger partial charge in [0.25, 0.3) is 11.8 Å². The van der Waals surface area contributed by atoms with Crippen LogP contribution >= 0.6 is 0 Å². The van der Waals surface area contributed by atoms with E-state index in [1.165, 1.54) is 5.56 Å². The average molecular weight is 505 g/mol. The number of benzene rings is 4. The Morgan fingerprint density at radius 3 is 2.39 bits per heavy atom. The number of fused-ring (bicyclic) bond motifs is 1. The SMILES string of the molecule is Cc1cccc([C@@H]2c3cc(O[C@H](C)C(=O)NCc4ccccc4)ccc3CCN2C(=O)c2ccccc2)c1. The number of hydrogen-bond donors (Lipinski definition) is 1. The summed E-state index contributed by atoms with van der Waals surface area (Å²) in [5, 5.41) is 2.95. The van der Waals surface area contributed by atoms with Crippen molar-refractivity contribution in [2.45, 2.75) is 39.0 Å². The maximum absolute atomic E-state index is 13.7. The maximum Gasteiger partial charge on any atom is 0.261 e. The Morgan fingerprint density at radius 1 is 0.921 bits per heavy atom. The molecule has 0 aromatic heterocycles. The van der Waals surface area contributed by atoms with Gasteiger partial charge in [0.15, 0.2) is 6.10 Å². The van der Waals surface area contributed by atoms with E-state index in [-0.39, 0.29) is 17.9 Å². The number of nitrogens with one attached hydrogen (secondary N) is 1. The van der Waals surface area contributed by atoms with Gasteiger partial charge in [0, 0.05) is 18.7 Å². The summed E-state index contributed by atoms with van der Waals surface area (Å²) in [6.07, 6.45) is 0.0868. The minimum atomic E-state index is -0.667. The standard InChI is InChI=1S/C33H32N2O3/c1-23-10-9-15-28(20-23)31-30-21-29(38-24(2)32(36)34-22-25-11-5-3-6-12-25)17-16-26(30)18-19-35(31)33(37)27-13-7-4-8-14-27/h3-17,20-21,24,31H,18-19,22H2,1-2H3,(H,34,36)/t24-,31-/m1/s1. The first kappa shape index (κ1) is 25.3. The highest BCUT2D eigenvalue weighted by Gasteiger charge is 2.33. The fourth-order valence-electron chi connectivity index (χ4n) is 5.02. The van der Waals surface area contributed by atoms with Crippen molar-refractivity contribution < 1.29 is 14.3 Å². The normalized spacial score (nSPS) is 15.3. The van der Waals surface area contributed by atoms with Crippen molar-refractivity contribution in [2.75, 3.05) is 6.54 Å².